The third kappa shape index (κ3) is 4.98. The van der Waals surface area contributed by atoms with E-state index in [1.807, 2.05) is 39.8 Å². The molecule has 1 amide bonds. The molecule has 1 aromatic carbocycles. The summed E-state index contributed by atoms with van der Waals surface area (Å²) in [5.41, 5.74) is 1.40. The Morgan fingerprint density at radius 1 is 1.08 bits per heavy atom. The van der Waals surface area contributed by atoms with Gasteiger partial charge in [0.15, 0.2) is 11.4 Å². The van der Waals surface area contributed by atoms with Crippen molar-refractivity contribution in [2.45, 2.75) is 27.7 Å². The Balaban J connectivity index is 2.25. The van der Waals surface area contributed by atoms with Crippen molar-refractivity contribution in [1.29, 1.82) is 0 Å². The van der Waals surface area contributed by atoms with Gasteiger partial charge >= 0.3 is 0 Å². The van der Waals surface area contributed by atoms with Gasteiger partial charge in [0, 0.05) is 5.69 Å². The van der Waals surface area contributed by atoms with Crippen LogP contribution in [0.3, 0.4) is 0 Å². The normalized spacial score (nSPS) is 14.2. The van der Waals surface area contributed by atoms with E-state index in [9.17, 15) is 9.59 Å². The van der Waals surface area contributed by atoms with Crippen LogP contribution in [0.2, 0.25) is 0 Å². The standard InChI is InChI=1S/C19H23NO4/c1-13-5-7-14(8-6-13)20-17(22)16(18-23-11-12-24-18)15(21)9-10-19(2,3)4/h5-10H,11-12H2,1-4H3,(H,20,22)/b10-9+. The zero-order valence-corrected chi connectivity index (χ0v) is 14.5. The second-order valence-electron chi connectivity index (χ2n) is 6.74. The van der Waals surface area contributed by atoms with Crippen LogP contribution in [-0.4, -0.2) is 24.9 Å². The van der Waals surface area contributed by atoms with Gasteiger partial charge in [-0.25, -0.2) is 0 Å². The van der Waals surface area contributed by atoms with Gasteiger partial charge in [0.05, 0.1) is 0 Å². The Hall–Kier alpha value is -2.56. The highest BCUT2D eigenvalue weighted by Crippen LogP contribution is 2.20. The Morgan fingerprint density at radius 2 is 1.67 bits per heavy atom. The number of hydrogen-bond acceptors (Lipinski definition) is 4. The van der Waals surface area contributed by atoms with Crippen LogP contribution >= 0.6 is 0 Å². The van der Waals surface area contributed by atoms with Crippen molar-refractivity contribution in [3.05, 3.63) is 53.5 Å². The number of nitrogens with one attached hydrogen (secondary N) is 1. The predicted molar refractivity (Wildman–Crippen MR) is 92.3 cm³/mol. The molecule has 2 rings (SSSR count). The molecule has 0 aromatic heterocycles. The van der Waals surface area contributed by atoms with E-state index < -0.39 is 11.7 Å². The summed E-state index contributed by atoms with van der Waals surface area (Å²) in [4.78, 5) is 25.1. The molecule has 0 aliphatic carbocycles. The van der Waals surface area contributed by atoms with E-state index in [4.69, 9.17) is 9.47 Å². The molecule has 0 atom stereocenters. The number of ether oxygens (including phenoxy) is 2. The summed E-state index contributed by atoms with van der Waals surface area (Å²) < 4.78 is 10.6. The molecule has 128 valence electrons. The van der Waals surface area contributed by atoms with Crippen molar-refractivity contribution >= 4 is 17.4 Å². The van der Waals surface area contributed by atoms with Gasteiger partial charge in [-0.15, -0.1) is 0 Å². The minimum Gasteiger partial charge on any atom is -0.461 e. The number of ketones is 1. The lowest BCUT2D eigenvalue weighted by molar-refractivity contribution is -0.118. The lowest BCUT2D eigenvalue weighted by atomic mass is 9.95. The number of amides is 1. The molecular formula is C19H23NO4. The second kappa shape index (κ2) is 7.34. The minimum absolute atomic E-state index is 0.0110. The fraction of sp³-hybridized carbons (Fsp3) is 0.368. The van der Waals surface area contributed by atoms with Crippen LogP contribution < -0.4 is 5.32 Å². The van der Waals surface area contributed by atoms with E-state index in [1.54, 1.807) is 18.2 Å². The third-order valence-corrected chi connectivity index (χ3v) is 3.27. The maximum atomic E-state index is 12.6. The maximum Gasteiger partial charge on any atom is 0.296 e. The van der Waals surface area contributed by atoms with Gasteiger partial charge in [0.1, 0.15) is 13.2 Å². The average molecular weight is 329 g/mol. The molecule has 1 heterocycles. The molecule has 5 nitrogen and oxygen atoms in total. The molecule has 24 heavy (non-hydrogen) atoms. The number of anilines is 1. The van der Waals surface area contributed by atoms with Gasteiger partial charge in [0.25, 0.3) is 11.9 Å². The lowest BCUT2D eigenvalue weighted by Crippen LogP contribution is -2.22. The number of allylic oxidation sites excluding steroid dienone is 2. The van der Waals surface area contributed by atoms with Crippen LogP contribution in [0, 0.1) is 12.3 Å². The van der Waals surface area contributed by atoms with Crippen molar-refractivity contribution in [2.24, 2.45) is 5.41 Å². The summed E-state index contributed by atoms with van der Waals surface area (Å²) in [6, 6.07) is 7.32. The Kier molecular flexibility index (Phi) is 5.44. The zero-order chi connectivity index (χ0) is 17.7. The number of aryl methyl sites for hydroxylation is 1. The zero-order valence-electron chi connectivity index (χ0n) is 14.5. The van der Waals surface area contributed by atoms with Crippen LogP contribution in [0.5, 0.6) is 0 Å². The average Bonchev–Trinajstić information content (AvgIpc) is 3.01. The highest BCUT2D eigenvalue weighted by atomic mass is 16.7. The second-order valence-corrected chi connectivity index (χ2v) is 6.74. The number of carbonyl (C=O) groups excluding carboxylic acids is 2. The van der Waals surface area contributed by atoms with Crippen LogP contribution in [0.1, 0.15) is 26.3 Å². The van der Waals surface area contributed by atoms with Gasteiger partial charge in [-0.2, -0.15) is 0 Å². The number of benzene rings is 1. The molecule has 0 unspecified atom stereocenters. The first kappa shape index (κ1) is 17.8. The van der Waals surface area contributed by atoms with E-state index in [1.165, 1.54) is 6.08 Å². The summed E-state index contributed by atoms with van der Waals surface area (Å²) in [7, 11) is 0. The van der Waals surface area contributed by atoms with Crippen molar-refractivity contribution in [3.63, 3.8) is 0 Å². The molecular weight excluding hydrogens is 306 g/mol. The Bertz CT molecular complexity index is 670. The molecule has 1 saturated heterocycles. The van der Waals surface area contributed by atoms with Crippen LogP contribution in [0.4, 0.5) is 5.69 Å². The van der Waals surface area contributed by atoms with E-state index in [-0.39, 0.29) is 16.9 Å². The summed E-state index contributed by atoms with van der Waals surface area (Å²) in [5.74, 6) is -0.992. The fourth-order valence-corrected chi connectivity index (χ4v) is 2.00. The fourth-order valence-electron chi connectivity index (χ4n) is 2.00. The molecule has 1 N–H and O–H groups in total. The molecule has 1 fully saturated rings. The van der Waals surface area contributed by atoms with E-state index in [0.29, 0.717) is 18.9 Å². The smallest absolute Gasteiger partial charge is 0.296 e. The Labute approximate surface area is 142 Å². The summed E-state index contributed by atoms with van der Waals surface area (Å²) >= 11 is 0. The molecule has 1 aromatic rings. The monoisotopic (exact) mass is 329 g/mol. The number of carbonyl (C=O) groups is 2. The molecule has 0 spiro atoms. The van der Waals surface area contributed by atoms with Gasteiger partial charge < -0.3 is 14.8 Å². The molecule has 0 radical (unpaired) electrons. The molecule has 5 heteroatoms. The largest absolute Gasteiger partial charge is 0.461 e. The maximum absolute atomic E-state index is 12.6. The first-order chi connectivity index (χ1) is 11.3. The van der Waals surface area contributed by atoms with Crippen molar-refractivity contribution < 1.29 is 19.1 Å². The molecule has 0 saturated carbocycles. The van der Waals surface area contributed by atoms with Crippen molar-refractivity contribution in [3.8, 4) is 0 Å². The highest BCUT2D eigenvalue weighted by Gasteiger charge is 2.27. The first-order valence-electron chi connectivity index (χ1n) is 7.88. The highest BCUT2D eigenvalue weighted by molar-refractivity contribution is 6.27. The van der Waals surface area contributed by atoms with Gasteiger partial charge in [-0.05, 0) is 30.5 Å². The minimum atomic E-state index is -0.542. The van der Waals surface area contributed by atoms with E-state index in [2.05, 4.69) is 5.32 Å². The van der Waals surface area contributed by atoms with Gasteiger partial charge in [-0.3, -0.25) is 9.59 Å². The van der Waals surface area contributed by atoms with Crippen LogP contribution in [-0.2, 0) is 19.1 Å². The molecule has 0 bridgehead atoms. The molecule has 1 aliphatic heterocycles. The molecule has 1 aliphatic rings. The lowest BCUT2D eigenvalue weighted by Gasteiger charge is -2.12. The first-order valence-corrected chi connectivity index (χ1v) is 7.88. The quantitative estimate of drug-likeness (QED) is 0.522. The van der Waals surface area contributed by atoms with Crippen molar-refractivity contribution in [1.82, 2.24) is 0 Å². The summed E-state index contributed by atoms with van der Waals surface area (Å²) in [5, 5.41) is 2.71. The van der Waals surface area contributed by atoms with Crippen LogP contribution in [0.15, 0.2) is 47.9 Å². The van der Waals surface area contributed by atoms with E-state index in [0.717, 1.165) is 5.56 Å². The van der Waals surface area contributed by atoms with Crippen LogP contribution in [0.25, 0.3) is 0 Å². The van der Waals surface area contributed by atoms with Gasteiger partial charge in [0.2, 0.25) is 0 Å². The summed E-state index contributed by atoms with van der Waals surface area (Å²) in [6.45, 7) is 8.52. The van der Waals surface area contributed by atoms with Gasteiger partial charge in [-0.1, -0.05) is 44.5 Å². The topological polar surface area (TPSA) is 64.6 Å². The number of hydrogen-bond donors (Lipinski definition) is 1. The summed E-state index contributed by atoms with van der Waals surface area (Å²) in [6.07, 6.45) is 3.14. The van der Waals surface area contributed by atoms with Crippen molar-refractivity contribution in [2.75, 3.05) is 18.5 Å². The SMILES string of the molecule is Cc1ccc(NC(=O)C(C(=O)/C=C/C(C)(C)C)=C2OCCO2)cc1. The predicted octanol–water partition coefficient (Wildman–Crippen LogP) is 3.36. The van der Waals surface area contributed by atoms with E-state index >= 15 is 0 Å². The third-order valence-electron chi connectivity index (χ3n) is 3.27. The Morgan fingerprint density at radius 3 is 2.21 bits per heavy atom. The number of rotatable bonds is 4.